The molecule has 2 fully saturated rings. The smallest absolute Gasteiger partial charge is 0.406 e. The molecule has 1 heterocycles. The van der Waals surface area contributed by atoms with Crippen LogP contribution in [-0.2, 0) is 11.2 Å². The Morgan fingerprint density at radius 2 is 1.73 bits per heavy atom. The lowest BCUT2D eigenvalue weighted by Gasteiger charge is -2.32. The van der Waals surface area contributed by atoms with Crippen LogP contribution in [0.5, 0.6) is 5.75 Å². The van der Waals surface area contributed by atoms with E-state index in [-0.39, 0.29) is 42.0 Å². The number of rotatable bonds is 5. The minimum absolute atomic E-state index is 0.0468. The van der Waals surface area contributed by atoms with Gasteiger partial charge in [0, 0.05) is 24.2 Å². The van der Waals surface area contributed by atoms with Gasteiger partial charge in [-0.25, -0.2) is 0 Å². The number of alkyl halides is 3. The van der Waals surface area contributed by atoms with Gasteiger partial charge >= 0.3 is 6.36 Å². The molecule has 158 valence electrons. The number of nitrogens with zero attached hydrogens (tertiary/aromatic N) is 1. The molecule has 2 aromatic rings. The molecule has 5 nitrogen and oxygen atoms in total. The van der Waals surface area contributed by atoms with E-state index in [0.717, 1.165) is 6.42 Å². The Morgan fingerprint density at radius 3 is 2.33 bits per heavy atom. The number of carbonyl (C=O) groups is 2. The molecule has 2 aromatic carbocycles. The Balaban J connectivity index is 1.30. The van der Waals surface area contributed by atoms with Crippen LogP contribution in [0.3, 0.4) is 0 Å². The highest BCUT2D eigenvalue weighted by atomic mass is 19.4. The summed E-state index contributed by atoms with van der Waals surface area (Å²) in [6, 6.07) is 14.5. The standard InChI is InChI=1S/C22H21F3N2O3/c23-22(24,25)30-18-8-6-14(7-9-18)10-20(28)27-13-16-11-17(27)12-19(16)26-21(29)15-4-2-1-3-5-15/h1-9,16-17,19H,10-13H2,(H,26,29). The zero-order valence-electron chi connectivity index (χ0n) is 16.1. The van der Waals surface area contributed by atoms with Crippen molar-refractivity contribution in [1.29, 1.82) is 0 Å². The van der Waals surface area contributed by atoms with E-state index in [1.807, 2.05) is 23.1 Å². The van der Waals surface area contributed by atoms with Crippen LogP contribution in [0, 0.1) is 5.92 Å². The molecule has 1 saturated heterocycles. The molecule has 1 N–H and O–H groups in total. The van der Waals surface area contributed by atoms with Crippen molar-refractivity contribution in [3.8, 4) is 5.75 Å². The summed E-state index contributed by atoms with van der Waals surface area (Å²) in [6.07, 6.45) is -3.05. The Morgan fingerprint density at radius 1 is 1.03 bits per heavy atom. The molecule has 0 spiro atoms. The average Bonchev–Trinajstić information content (AvgIpc) is 3.29. The monoisotopic (exact) mass is 418 g/mol. The third-order valence-corrected chi connectivity index (χ3v) is 5.73. The van der Waals surface area contributed by atoms with Gasteiger partial charge in [0.15, 0.2) is 0 Å². The van der Waals surface area contributed by atoms with Gasteiger partial charge in [-0.2, -0.15) is 0 Å². The van der Waals surface area contributed by atoms with E-state index in [9.17, 15) is 22.8 Å². The predicted molar refractivity (Wildman–Crippen MR) is 103 cm³/mol. The van der Waals surface area contributed by atoms with Crippen LogP contribution in [0.1, 0.15) is 28.8 Å². The van der Waals surface area contributed by atoms with Gasteiger partial charge in [-0.15, -0.1) is 13.2 Å². The summed E-state index contributed by atoms with van der Waals surface area (Å²) >= 11 is 0. The number of hydrogen-bond acceptors (Lipinski definition) is 3. The lowest BCUT2D eigenvalue weighted by Crippen LogP contribution is -2.48. The van der Waals surface area contributed by atoms with E-state index in [1.54, 1.807) is 12.1 Å². The van der Waals surface area contributed by atoms with Gasteiger partial charge in [0.2, 0.25) is 5.91 Å². The molecule has 2 amide bonds. The Labute approximate surface area is 171 Å². The van der Waals surface area contributed by atoms with Gasteiger partial charge < -0.3 is 15.0 Å². The Bertz CT molecular complexity index is 915. The van der Waals surface area contributed by atoms with Gasteiger partial charge in [0.1, 0.15) is 5.75 Å². The van der Waals surface area contributed by atoms with E-state index in [2.05, 4.69) is 10.1 Å². The summed E-state index contributed by atoms with van der Waals surface area (Å²) in [6.45, 7) is 0.582. The number of fused-ring (bicyclic) bond motifs is 2. The van der Waals surface area contributed by atoms with E-state index < -0.39 is 6.36 Å². The molecule has 1 aliphatic carbocycles. The number of hydrogen-bond donors (Lipinski definition) is 1. The van der Waals surface area contributed by atoms with Crippen LogP contribution >= 0.6 is 0 Å². The number of benzene rings is 2. The maximum Gasteiger partial charge on any atom is 0.573 e. The molecular formula is C22H21F3N2O3. The number of amides is 2. The van der Waals surface area contributed by atoms with Crippen molar-refractivity contribution in [1.82, 2.24) is 10.2 Å². The molecular weight excluding hydrogens is 397 g/mol. The van der Waals surface area contributed by atoms with E-state index in [4.69, 9.17) is 0 Å². The summed E-state index contributed by atoms with van der Waals surface area (Å²) in [7, 11) is 0. The van der Waals surface area contributed by atoms with E-state index in [0.29, 0.717) is 24.1 Å². The summed E-state index contributed by atoms with van der Waals surface area (Å²) < 4.78 is 40.6. The first-order valence-electron chi connectivity index (χ1n) is 9.78. The van der Waals surface area contributed by atoms with Gasteiger partial charge in [0.25, 0.3) is 5.91 Å². The summed E-state index contributed by atoms with van der Waals surface area (Å²) in [5, 5.41) is 3.08. The van der Waals surface area contributed by atoms with Gasteiger partial charge in [-0.1, -0.05) is 30.3 Å². The fraction of sp³-hybridized carbons (Fsp3) is 0.364. The second-order valence-corrected chi connectivity index (χ2v) is 7.75. The summed E-state index contributed by atoms with van der Waals surface area (Å²) in [4.78, 5) is 26.9. The summed E-state index contributed by atoms with van der Waals surface area (Å²) in [5.74, 6) is -0.253. The minimum atomic E-state index is -4.74. The lowest BCUT2D eigenvalue weighted by atomic mass is 10.0. The molecule has 3 atom stereocenters. The molecule has 2 bridgehead atoms. The Hall–Kier alpha value is -3.03. The summed E-state index contributed by atoms with van der Waals surface area (Å²) in [5.41, 5.74) is 1.25. The molecule has 0 aromatic heterocycles. The maximum absolute atomic E-state index is 12.7. The van der Waals surface area contributed by atoms with Gasteiger partial charge in [-0.3, -0.25) is 9.59 Å². The normalized spacial score (nSPS) is 22.8. The number of piperidine rings is 1. The molecule has 30 heavy (non-hydrogen) atoms. The Kier molecular flexibility index (Phi) is 5.40. The van der Waals surface area contributed by atoms with Crippen LogP contribution in [0.4, 0.5) is 13.2 Å². The van der Waals surface area contributed by atoms with Crippen molar-refractivity contribution in [2.45, 2.75) is 37.7 Å². The first-order chi connectivity index (χ1) is 14.3. The third kappa shape index (κ3) is 4.58. The number of ether oxygens (including phenoxy) is 1. The topological polar surface area (TPSA) is 58.6 Å². The first-order valence-corrected chi connectivity index (χ1v) is 9.78. The predicted octanol–water partition coefficient (Wildman–Crippen LogP) is 3.55. The van der Waals surface area contributed by atoms with Crippen LogP contribution in [-0.4, -0.2) is 41.7 Å². The molecule has 1 saturated carbocycles. The van der Waals surface area contributed by atoms with Crippen molar-refractivity contribution >= 4 is 11.8 Å². The molecule has 0 radical (unpaired) electrons. The van der Waals surface area contributed by atoms with Crippen molar-refractivity contribution < 1.29 is 27.5 Å². The van der Waals surface area contributed by atoms with Crippen molar-refractivity contribution in [2.75, 3.05) is 6.54 Å². The van der Waals surface area contributed by atoms with Crippen LogP contribution < -0.4 is 10.1 Å². The van der Waals surface area contributed by atoms with Crippen molar-refractivity contribution in [3.63, 3.8) is 0 Å². The zero-order chi connectivity index (χ0) is 21.3. The van der Waals surface area contributed by atoms with Gasteiger partial charge in [0.05, 0.1) is 6.42 Å². The lowest BCUT2D eigenvalue weighted by molar-refractivity contribution is -0.274. The third-order valence-electron chi connectivity index (χ3n) is 5.73. The SMILES string of the molecule is O=C(NC1CC2CC1CN2C(=O)Cc1ccc(OC(F)(F)F)cc1)c1ccccc1. The number of likely N-dealkylation sites (tertiary alicyclic amines) is 1. The largest absolute Gasteiger partial charge is 0.573 e. The maximum atomic E-state index is 12.7. The quantitative estimate of drug-likeness (QED) is 0.808. The average molecular weight is 418 g/mol. The zero-order valence-corrected chi connectivity index (χ0v) is 16.1. The highest BCUT2D eigenvalue weighted by Crippen LogP contribution is 2.38. The molecule has 3 unspecified atom stereocenters. The molecule has 1 aliphatic heterocycles. The molecule has 2 aliphatic rings. The van der Waals surface area contributed by atoms with E-state index >= 15 is 0 Å². The number of carbonyl (C=O) groups excluding carboxylic acids is 2. The highest BCUT2D eigenvalue weighted by molar-refractivity contribution is 5.94. The van der Waals surface area contributed by atoms with Crippen LogP contribution in [0.25, 0.3) is 0 Å². The molecule has 4 rings (SSSR count). The number of halogens is 3. The van der Waals surface area contributed by atoms with Gasteiger partial charge in [-0.05, 0) is 48.6 Å². The van der Waals surface area contributed by atoms with Crippen molar-refractivity contribution in [3.05, 3.63) is 65.7 Å². The van der Waals surface area contributed by atoms with Crippen LogP contribution in [0.15, 0.2) is 54.6 Å². The number of nitrogens with one attached hydrogen (secondary N) is 1. The first kappa shape index (κ1) is 20.3. The minimum Gasteiger partial charge on any atom is -0.406 e. The van der Waals surface area contributed by atoms with E-state index in [1.165, 1.54) is 24.3 Å². The second-order valence-electron chi connectivity index (χ2n) is 7.75. The fourth-order valence-electron chi connectivity index (χ4n) is 4.36. The fourth-order valence-corrected chi connectivity index (χ4v) is 4.36. The molecule has 8 heteroatoms. The van der Waals surface area contributed by atoms with Crippen molar-refractivity contribution in [2.24, 2.45) is 5.92 Å². The second kappa shape index (κ2) is 8.01. The highest BCUT2D eigenvalue weighted by Gasteiger charge is 2.46. The van der Waals surface area contributed by atoms with Crippen LogP contribution in [0.2, 0.25) is 0 Å².